The Morgan fingerprint density at radius 2 is 0.684 bits per heavy atom. The molecule has 11 rings (SSSR count). The fraction of sp³-hybridized carbons (Fsp3) is 0. The Balaban J connectivity index is 1.00. The second kappa shape index (κ2) is 13.6. The number of hydrogen-bond acceptors (Lipinski definition) is 4. The monoisotopic (exact) mass is 727 g/mol. The highest BCUT2D eigenvalue weighted by Gasteiger charge is 2.17. The maximum absolute atomic E-state index is 6.84. The predicted octanol–water partition coefficient (Wildman–Crippen LogP) is 14.1. The maximum atomic E-state index is 6.84. The van der Waals surface area contributed by atoms with Crippen molar-refractivity contribution in [1.82, 2.24) is 15.0 Å². The van der Waals surface area contributed by atoms with Crippen LogP contribution in [-0.4, -0.2) is 15.0 Å². The summed E-state index contributed by atoms with van der Waals surface area (Å²) in [6, 6.07) is 69.8. The smallest absolute Gasteiger partial charge is 0.164 e. The minimum absolute atomic E-state index is 0.612. The van der Waals surface area contributed by atoms with Gasteiger partial charge in [-0.15, -0.1) is 0 Å². The summed E-state index contributed by atoms with van der Waals surface area (Å²) in [6.07, 6.45) is 0. The molecule has 2 aromatic heterocycles. The molecule has 266 valence electrons. The minimum atomic E-state index is 0.612. The van der Waals surface area contributed by atoms with Crippen LogP contribution in [0.1, 0.15) is 0 Å². The average Bonchev–Trinajstić information content (AvgIpc) is 3.69. The third-order valence-corrected chi connectivity index (χ3v) is 11.0. The van der Waals surface area contributed by atoms with Crippen molar-refractivity contribution in [2.45, 2.75) is 0 Å². The molecule has 0 atom stereocenters. The largest absolute Gasteiger partial charge is 0.455 e. The van der Waals surface area contributed by atoms with Gasteiger partial charge in [0.2, 0.25) is 0 Å². The molecule has 0 unspecified atom stereocenters. The van der Waals surface area contributed by atoms with Gasteiger partial charge < -0.3 is 4.42 Å². The van der Waals surface area contributed by atoms with Gasteiger partial charge in [0.15, 0.2) is 17.5 Å². The Bertz CT molecular complexity index is 3140. The average molecular weight is 728 g/mol. The van der Waals surface area contributed by atoms with Gasteiger partial charge in [-0.25, -0.2) is 15.0 Å². The lowest BCUT2D eigenvalue weighted by Crippen LogP contribution is -2.00. The number of nitrogens with zero attached hydrogens (tertiary/aromatic N) is 3. The van der Waals surface area contributed by atoms with E-state index >= 15 is 0 Å². The number of hydrogen-bond donors (Lipinski definition) is 0. The molecule has 0 aliphatic carbocycles. The molecule has 0 N–H and O–H groups in total. The number of furan rings is 1. The number of rotatable bonds is 6. The summed E-state index contributed by atoms with van der Waals surface area (Å²) in [4.78, 5) is 15.2. The molecule has 0 radical (unpaired) electrons. The van der Waals surface area contributed by atoms with Gasteiger partial charge in [-0.3, -0.25) is 0 Å². The van der Waals surface area contributed by atoms with Crippen molar-refractivity contribution in [3.05, 3.63) is 200 Å². The number of benzene rings is 9. The summed E-state index contributed by atoms with van der Waals surface area (Å²) in [5.41, 5.74) is 11.3. The fourth-order valence-corrected chi connectivity index (χ4v) is 8.02. The van der Waals surface area contributed by atoms with Crippen LogP contribution < -0.4 is 0 Å². The molecule has 0 amide bonds. The van der Waals surface area contributed by atoms with E-state index in [1.54, 1.807) is 0 Å². The first kappa shape index (κ1) is 32.7. The summed E-state index contributed by atoms with van der Waals surface area (Å²) < 4.78 is 6.84. The van der Waals surface area contributed by atoms with Crippen molar-refractivity contribution in [1.29, 1.82) is 0 Å². The molecule has 4 heteroatoms. The second-order valence-corrected chi connectivity index (χ2v) is 14.4. The van der Waals surface area contributed by atoms with Crippen molar-refractivity contribution in [3.8, 4) is 67.5 Å². The lowest BCUT2D eigenvalue weighted by Gasteiger charge is -2.10. The minimum Gasteiger partial charge on any atom is -0.455 e. The molecule has 0 aliphatic rings. The van der Waals surface area contributed by atoms with E-state index in [1.807, 2.05) is 12.1 Å². The van der Waals surface area contributed by atoms with Crippen LogP contribution >= 0.6 is 0 Å². The van der Waals surface area contributed by atoms with E-state index in [4.69, 9.17) is 19.4 Å². The van der Waals surface area contributed by atoms with Crippen molar-refractivity contribution in [2.24, 2.45) is 0 Å². The Morgan fingerprint density at radius 3 is 1.26 bits per heavy atom. The van der Waals surface area contributed by atoms with E-state index in [1.165, 1.54) is 27.3 Å². The standard InChI is InChI=1S/C53H33N3O/c1-3-10-34(11-4-1)36-18-26-41(27-19-36)51-54-52(42-28-20-37(21-29-42)35-12-5-2-6-13-35)56-53(55-51)43-30-23-39(24-31-43)45-16-9-17-46-47-33-32-40-25-22-38-14-7-8-15-44(38)48(40)50(47)57-49(45)46/h1-33H. The summed E-state index contributed by atoms with van der Waals surface area (Å²) >= 11 is 0. The van der Waals surface area contributed by atoms with Gasteiger partial charge in [-0.2, -0.15) is 0 Å². The molecule has 0 aliphatic heterocycles. The van der Waals surface area contributed by atoms with Crippen LogP contribution in [0.2, 0.25) is 0 Å². The first-order valence-corrected chi connectivity index (χ1v) is 19.2. The molecule has 11 aromatic rings. The lowest BCUT2D eigenvalue weighted by atomic mass is 9.98. The molecule has 0 fully saturated rings. The van der Waals surface area contributed by atoms with Crippen molar-refractivity contribution in [2.75, 3.05) is 0 Å². The molecule has 0 bridgehead atoms. The topological polar surface area (TPSA) is 51.8 Å². The highest BCUT2D eigenvalue weighted by molar-refractivity contribution is 6.24. The summed E-state index contributed by atoms with van der Waals surface area (Å²) in [5.74, 6) is 1.86. The highest BCUT2D eigenvalue weighted by Crippen LogP contribution is 2.41. The summed E-state index contributed by atoms with van der Waals surface area (Å²) in [7, 11) is 0. The maximum Gasteiger partial charge on any atom is 0.164 e. The van der Waals surface area contributed by atoms with E-state index in [-0.39, 0.29) is 0 Å². The first-order valence-electron chi connectivity index (χ1n) is 19.2. The normalized spacial score (nSPS) is 11.5. The lowest BCUT2D eigenvalue weighted by molar-refractivity contribution is 0.674. The van der Waals surface area contributed by atoms with E-state index in [2.05, 4.69) is 188 Å². The SMILES string of the molecule is c1ccc(-c2ccc(-c3nc(-c4ccc(-c5ccccc5)cc4)nc(-c4ccc(-c5cccc6c5oc5c6ccc6ccc7ccccc7c65)cc4)n3)cc2)cc1. The molecule has 4 nitrogen and oxygen atoms in total. The van der Waals surface area contributed by atoms with E-state index < -0.39 is 0 Å². The third kappa shape index (κ3) is 5.83. The van der Waals surface area contributed by atoms with Crippen molar-refractivity contribution < 1.29 is 4.42 Å². The zero-order valence-electron chi connectivity index (χ0n) is 30.8. The van der Waals surface area contributed by atoms with E-state index in [0.717, 1.165) is 66.3 Å². The molecular formula is C53H33N3O. The van der Waals surface area contributed by atoms with Crippen LogP contribution in [-0.2, 0) is 0 Å². The Morgan fingerprint density at radius 1 is 0.263 bits per heavy atom. The van der Waals surface area contributed by atoms with Crippen LogP contribution in [0.15, 0.2) is 205 Å². The summed E-state index contributed by atoms with van der Waals surface area (Å²) in [5, 5.41) is 6.93. The Kier molecular flexibility index (Phi) is 7.78. The number of fused-ring (bicyclic) bond motifs is 7. The molecule has 9 aromatic carbocycles. The van der Waals surface area contributed by atoms with Gasteiger partial charge in [0.05, 0.1) is 0 Å². The number of aromatic nitrogens is 3. The Labute approximate surface area is 329 Å². The zero-order valence-corrected chi connectivity index (χ0v) is 30.8. The van der Waals surface area contributed by atoms with Crippen LogP contribution in [0.3, 0.4) is 0 Å². The second-order valence-electron chi connectivity index (χ2n) is 14.4. The van der Waals surface area contributed by atoms with Gasteiger partial charge >= 0.3 is 0 Å². The van der Waals surface area contributed by atoms with Gasteiger partial charge in [0.25, 0.3) is 0 Å². The van der Waals surface area contributed by atoms with Gasteiger partial charge in [0.1, 0.15) is 11.2 Å². The van der Waals surface area contributed by atoms with Gasteiger partial charge in [-0.05, 0) is 50.0 Å². The third-order valence-electron chi connectivity index (χ3n) is 11.0. The highest BCUT2D eigenvalue weighted by atomic mass is 16.3. The van der Waals surface area contributed by atoms with Crippen LogP contribution in [0.4, 0.5) is 0 Å². The summed E-state index contributed by atoms with van der Waals surface area (Å²) in [6.45, 7) is 0. The van der Waals surface area contributed by atoms with E-state index in [9.17, 15) is 0 Å². The zero-order chi connectivity index (χ0) is 37.7. The quantitative estimate of drug-likeness (QED) is 0.160. The fourth-order valence-electron chi connectivity index (χ4n) is 8.02. The molecule has 0 saturated carbocycles. The van der Waals surface area contributed by atoms with Crippen LogP contribution in [0.25, 0.3) is 111 Å². The van der Waals surface area contributed by atoms with Crippen LogP contribution in [0, 0.1) is 0 Å². The Hall–Kier alpha value is -7.69. The van der Waals surface area contributed by atoms with Crippen molar-refractivity contribution in [3.63, 3.8) is 0 Å². The molecule has 0 saturated heterocycles. The molecular weight excluding hydrogens is 695 g/mol. The first-order chi connectivity index (χ1) is 28.2. The molecule has 0 spiro atoms. The molecule has 2 heterocycles. The predicted molar refractivity (Wildman–Crippen MR) is 235 cm³/mol. The van der Waals surface area contributed by atoms with Gasteiger partial charge in [0, 0.05) is 38.4 Å². The number of para-hydroxylation sites is 1. The molecule has 57 heavy (non-hydrogen) atoms. The van der Waals surface area contributed by atoms with Crippen molar-refractivity contribution >= 4 is 43.5 Å². The van der Waals surface area contributed by atoms with Crippen LogP contribution in [0.5, 0.6) is 0 Å². The van der Waals surface area contributed by atoms with Gasteiger partial charge in [-0.1, -0.05) is 194 Å². The van der Waals surface area contributed by atoms with E-state index in [0.29, 0.717) is 17.5 Å².